The van der Waals surface area contributed by atoms with E-state index in [0.29, 0.717) is 29.4 Å². The molecule has 0 radical (unpaired) electrons. The summed E-state index contributed by atoms with van der Waals surface area (Å²) in [6, 6.07) is 14.5. The molecule has 1 aliphatic rings. The molecule has 2 aromatic carbocycles. The lowest BCUT2D eigenvalue weighted by molar-refractivity contribution is -0.123. The van der Waals surface area contributed by atoms with E-state index in [2.05, 4.69) is 31.4 Å². The van der Waals surface area contributed by atoms with E-state index in [-0.39, 0.29) is 29.9 Å². The third kappa shape index (κ3) is 6.09. The average molecular weight is 492 g/mol. The van der Waals surface area contributed by atoms with E-state index in [1.165, 1.54) is 0 Å². The number of benzene rings is 2. The maximum atomic E-state index is 13.4. The van der Waals surface area contributed by atoms with Gasteiger partial charge in [-0.1, -0.05) is 68.2 Å². The van der Waals surface area contributed by atoms with Gasteiger partial charge in [0.25, 0.3) is 0 Å². The van der Waals surface area contributed by atoms with Gasteiger partial charge in [-0.15, -0.1) is 0 Å². The Morgan fingerprint density at radius 3 is 2.42 bits per heavy atom. The Kier molecular flexibility index (Phi) is 8.46. The molecule has 0 aliphatic carbocycles. The van der Waals surface area contributed by atoms with Crippen LogP contribution >= 0.6 is 23.2 Å². The molecule has 5 nitrogen and oxygen atoms in total. The maximum absolute atomic E-state index is 13.4. The first-order chi connectivity index (χ1) is 15.6. The highest BCUT2D eigenvalue weighted by atomic mass is 35.5. The van der Waals surface area contributed by atoms with Crippen LogP contribution in [0.4, 0.5) is 0 Å². The molecule has 3 rings (SSSR count). The number of aliphatic hydroxyl groups is 1. The quantitative estimate of drug-likeness (QED) is 0.406. The molecule has 2 aromatic rings. The largest absolute Gasteiger partial charge is 0.396 e. The van der Waals surface area contributed by atoms with Crippen LogP contribution in [0.5, 0.6) is 0 Å². The molecule has 4 atom stereocenters. The Morgan fingerprint density at radius 1 is 1.12 bits per heavy atom. The summed E-state index contributed by atoms with van der Waals surface area (Å²) in [6.07, 6.45) is 2.14. The van der Waals surface area contributed by atoms with E-state index < -0.39 is 11.6 Å². The fourth-order valence-electron chi connectivity index (χ4n) is 4.86. The topological polar surface area (TPSA) is 87.4 Å². The third-order valence-corrected chi connectivity index (χ3v) is 6.83. The van der Waals surface area contributed by atoms with Crippen LogP contribution in [0.3, 0.4) is 0 Å². The molecular weight excluding hydrogens is 457 g/mol. The molecule has 1 aliphatic heterocycles. The smallest absolute Gasteiger partial charge is 0.237 e. The van der Waals surface area contributed by atoms with Crippen LogP contribution in [0.25, 0.3) is 0 Å². The third-order valence-electron chi connectivity index (χ3n) is 6.34. The van der Waals surface area contributed by atoms with Crippen molar-refractivity contribution in [2.45, 2.75) is 63.6 Å². The zero-order valence-electron chi connectivity index (χ0n) is 19.6. The van der Waals surface area contributed by atoms with E-state index in [1.807, 2.05) is 48.5 Å². The average Bonchev–Trinajstić information content (AvgIpc) is 3.03. The van der Waals surface area contributed by atoms with E-state index >= 15 is 0 Å². The van der Waals surface area contributed by atoms with Gasteiger partial charge in [0.15, 0.2) is 0 Å². The molecule has 180 valence electrons. The predicted octanol–water partition coefficient (Wildman–Crippen LogP) is 4.60. The first-order valence-corrected chi connectivity index (χ1v) is 12.3. The minimum atomic E-state index is -0.865. The summed E-state index contributed by atoms with van der Waals surface area (Å²) in [4.78, 5) is 13.4. The number of amides is 1. The number of carbonyl (C=O) groups is 1. The zero-order valence-corrected chi connectivity index (χ0v) is 21.1. The SMILES string of the molecule is CC(C)(C)CC1NC(C(=O)NCCCCO)C(c2cccc(Cl)c2)C1(N)c1ccc(Cl)cc1. The Morgan fingerprint density at radius 2 is 1.82 bits per heavy atom. The lowest BCUT2D eigenvalue weighted by atomic mass is 9.68. The number of unbranched alkanes of at least 4 members (excludes halogenated alkanes) is 1. The van der Waals surface area contributed by atoms with Gasteiger partial charge in [-0.05, 0) is 60.1 Å². The van der Waals surface area contributed by atoms with Crippen LogP contribution in [0.15, 0.2) is 48.5 Å². The molecule has 7 heteroatoms. The molecule has 1 heterocycles. The molecule has 1 saturated heterocycles. The van der Waals surface area contributed by atoms with Gasteiger partial charge in [0.05, 0.1) is 11.6 Å². The molecular formula is C26H35Cl2N3O2. The Balaban J connectivity index is 2.09. The minimum absolute atomic E-state index is 0.0138. The van der Waals surface area contributed by atoms with E-state index in [9.17, 15) is 4.79 Å². The van der Waals surface area contributed by atoms with Gasteiger partial charge in [0, 0.05) is 35.2 Å². The highest BCUT2D eigenvalue weighted by Crippen LogP contribution is 2.48. The monoisotopic (exact) mass is 491 g/mol. The van der Waals surface area contributed by atoms with Crippen LogP contribution in [0.1, 0.15) is 57.1 Å². The number of nitrogens with one attached hydrogen (secondary N) is 2. The van der Waals surface area contributed by atoms with Crippen LogP contribution in [0, 0.1) is 5.41 Å². The summed E-state index contributed by atoms with van der Waals surface area (Å²) in [6.45, 7) is 7.13. The Bertz CT molecular complexity index is 945. The standard InChI is InChI=1S/C26H35Cl2N3O2/c1-25(2,3)16-21-26(29,18-9-11-19(27)12-10-18)22(17-7-6-8-20(28)15-17)23(31-21)24(33)30-13-4-5-14-32/h6-12,15,21-23,31-32H,4-5,13-14,16,29H2,1-3H3,(H,30,33). The second kappa shape index (κ2) is 10.7. The Hall–Kier alpha value is -1.63. The molecule has 0 saturated carbocycles. The van der Waals surface area contributed by atoms with Gasteiger partial charge in [-0.3, -0.25) is 4.79 Å². The van der Waals surface area contributed by atoms with Crippen molar-refractivity contribution in [3.63, 3.8) is 0 Å². The molecule has 4 unspecified atom stereocenters. The summed E-state index contributed by atoms with van der Waals surface area (Å²) in [5.41, 5.74) is 8.31. The number of hydrogen-bond donors (Lipinski definition) is 4. The minimum Gasteiger partial charge on any atom is -0.396 e. The molecule has 33 heavy (non-hydrogen) atoms. The summed E-state index contributed by atoms with van der Waals surface area (Å²) in [5.74, 6) is -0.444. The summed E-state index contributed by atoms with van der Waals surface area (Å²) in [5, 5.41) is 16.9. The lowest BCUT2D eigenvalue weighted by Crippen LogP contribution is -2.51. The fourth-order valence-corrected chi connectivity index (χ4v) is 5.18. The van der Waals surface area contributed by atoms with Crippen molar-refractivity contribution < 1.29 is 9.90 Å². The predicted molar refractivity (Wildman–Crippen MR) is 136 cm³/mol. The van der Waals surface area contributed by atoms with Gasteiger partial charge in [-0.25, -0.2) is 0 Å². The first kappa shape index (κ1) is 26.0. The van der Waals surface area contributed by atoms with Crippen molar-refractivity contribution in [2.24, 2.45) is 11.1 Å². The van der Waals surface area contributed by atoms with Crippen LogP contribution < -0.4 is 16.4 Å². The lowest BCUT2D eigenvalue weighted by Gasteiger charge is -2.39. The van der Waals surface area contributed by atoms with Crippen molar-refractivity contribution in [3.8, 4) is 0 Å². The first-order valence-electron chi connectivity index (χ1n) is 11.5. The number of halogens is 2. The normalized spacial score (nSPS) is 25.2. The summed E-state index contributed by atoms with van der Waals surface area (Å²) >= 11 is 12.6. The molecule has 0 aromatic heterocycles. The molecule has 5 N–H and O–H groups in total. The maximum Gasteiger partial charge on any atom is 0.237 e. The van der Waals surface area contributed by atoms with E-state index in [4.69, 9.17) is 34.0 Å². The molecule has 1 amide bonds. The van der Waals surface area contributed by atoms with E-state index in [0.717, 1.165) is 17.5 Å². The number of nitrogens with two attached hydrogens (primary N) is 1. The summed E-state index contributed by atoms with van der Waals surface area (Å²) in [7, 11) is 0. The highest BCUT2D eigenvalue weighted by molar-refractivity contribution is 6.30. The van der Waals surface area contributed by atoms with Gasteiger partial charge in [0.2, 0.25) is 5.91 Å². The van der Waals surface area contributed by atoms with Crippen molar-refractivity contribution in [3.05, 3.63) is 69.7 Å². The van der Waals surface area contributed by atoms with Crippen molar-refractivity contribution >= 4 is 29.1 Å². The van der Waals surface area contributed by atoms with Crippen molar-refractivity contribution in [2.75, 3.05) is 13.2 Å². The van der Waals surface area contributed by atoms with Crippen LogP contribution in [-0.4, -0.2) is 36.2 Å². The van der Waals surface area contributed by atoms with Gasteiger partial charge >= 0.3 is 0 Å². The van der Waals surface area contributed by atoms with E-state index in [1.54, 1.807) is 0 Å². The molecule has 1 fully saturated rings. The van der Waals surface area contributed by atoms with Crippen molar-refractivity contribution in [1.29, 1.82) is 0 Å². The second-order valence-electron chi connectivity index (χ2n) is 10.2. The fraction of sp³-hybridized carbons (Fsp3) is 0.500. The zero-order chi connectivity index (χ0) is 24.2. The number of carbonyl (C=O) groups excluding carboxylic acids is 1. The van der Waals surface area contributed by atoms with Crippen LogP contribution in [0.2, 0.25) is 10.0 Å². The van der Waals surface area contributed by atoms with Gasteiger partial charge in [-0.2, -0.15) is 0 Å². The van der Waals surface area contributed by atoms with Crippen molar-refractivity contribution in [1.82, 2.24) is 10.6 Å². The van der Waals surface area contributed by atoms with Gasteiger partial charge < -0.3 is 21.5 Å². The Labute approximate surface area is 207 Å². The number of hydrogen-bond acceptors (Lipinski definition) is 4. The number of aliphatic hydroxyl groups excluding tert-OH is 1. The second-order valence-corrected chi connectivity index (χ2v) is 11.0. The molecule has 0 spiro atoms. The molecule has 0 bridgehead atoms. The van der Waals surface area contributed by atoms with Crippen LogP contribution in [-0.2, 0) is 10.3 Å². The summed E-state index contributed by atoms with van der Waals surface area (Å²) < 4.78 is 0. The highest BCUT2D eigenvalue weighted by Gasteiger charge is 2.56. The van der Waals surface area contributed by atoms with Gasteiger partial charge in [0.1, 0.15) is 0 Å². The number of rotatable bonds is 8.